The van der Waals surface area contributed by atoms with Crippen LogP contribution >= 0.6 is 0 Å². The Morgan fingerprint density at radius 2 is 1.83 bits per heavy atom. The molecule has 4 rings (SSSR count). The van der Waals surface area contributed by atoms with Crippen molar-refractivity contribution in [3.05, 3.63) is 71.4 Å². The first-order chi connectivity index (χ1) is 20.1. The quantitative estimate of drug-likeness (QED) is 0.190. The first kappa shape index (κ1) is 30.3. The standard InChI is InChI=1S/C31H36N4O7/c1-19(36)24-17-35(2)27-16-21(13-14-22(24)27)28(37)34-26(29(38)33-25-11-6-10-23(25)30(39)40)12-7-15-32-31(41)42-18-20-8-4-3-5-9-20/h3-5,8-9,13-14,16-17,23,25-26H,6-7,10-12,15,18H2,1-2H3,(H,32,41)(H,33,38)(H,34,37)(H,39,40)/t23-,25+,26+/m1/s1. The molecule has 11 heteroatoms. The number of carbonyl (C=O) groups is 5. The number of carboxylic acid groups (broad SMARTS) is 1. The number of aliphatic carboxylic acids is 1. The minimum atomic E-state index is -0.966. The predicted molar refractivity (Wildman–Crippen MR) is 155 cm³/mol. The Morgan fingerprint density at radius 3 is 2.55 bits per heavy atom. The molecule has 3 aromatic rings. The number of aromatic nitrogens is 1. The highest BCUT2D eigenvalue weighted by Crippen LogP contribution is 2.26. The summed E-state index contributed by atoms with van der Waals surface area (Å²) in [4.78, 5) is 62.3. The van der Waals surface area contributed by atoms with Crippen molar-refractivity contribution in [2.45, 2.75) is 57.7 Å². The Bertz CT molecular complexity index is 1470. The van der Waals surface area contributed by atoms with Gasteiger partial charge in [-0.05, 0) is 50.3 Å². The van der Waals surface area contributed by atoms with Crippen LogP contribution in [-0.4, -0.2) is 58.0 Å². The van der Waals surface area contributed by atoms with E-state index in [2.05, 4.69) is 16.0 Å². The zero-order valence-corrected chi connectivity index (χ0v) is 23.7. The van der Waals surface area contributed by atoms with E-state index in [0.29, 0.717) is 42.3 Å². The molecule has 0 aliphatic heterocycles. The molecule has 222 valence electrons. The van der Waals surface area contributed by atoms with Gasteiger partial charge in [-0.3, -0.25) is 19.2 Å². The summed E-state index contributed by atoms with van der Waals surface area (Å²) in [6.07, 6.45) is 3.37. The summed E-state index contributed by atoms with van der Waals surface area (Å²) < 4.78 is 6.98. The summed E-state index contributed by atoms with van der Waals surface area (Å²) in [6.45, 7) is 1.81. The number of hydrogen-bond acceptors (Lipinski definition) is 6. The monoisotopic (exact) mass is 576 g/mol. The van der Waals surface area contributed by atoms with Crippen molar-refractivity contribution >= 4 is 40.6 Å². The van der Waals surface area contributed by atoms with Crippen LogP contribution in [0.15, 0.2) is 54.7 Å². The molecule has 0 saturated heterocycles. The number of nitrogens with one attached hydrogen (secondary N) is 3. The lowest BCUT2D eigenvalue weighted by Crippen LogP contribution is -2.51. The van der Waals surface area contributed by atoms with Crippen LogP contribution < -0.4 is 16.0 Å². The fourth-order valence-corrected chi connectivity index (χ4v) is 5.30. The first-order valence-corrected chi connectivity index (χ1v) is 14.0. The third-order valence-electron chi connectivity index (χ3n) is 7.57. The van der Waals surface area contributed by atoms with Gasteiger partial charge in [0.05, 0.1) is 5.92 Å². The third-order valence-corrected chi connectivity index (χ3v) is 7.57. The number of ether oxygens (including phenoxy) is 1. The second-order valence-electron chi connectivity index (χ2n) is 10.6. The fraction of sp³-hybridized carbons (Fsp3) is 0.387. The number of carbonyl (C=O) groups excluding carboxylic acids is 4. The molecule has 0 bridgehead atoms. The van der Waals surface area contributed by atoms with Crippen molar-refractivity contribution < 1.29 is 33.8 Å². The zero-order valence-electron chi connectivity index (χ0n) is 23.7. The number of rotatable bonds is 12. The second-order valence-corrected chi connectivity index (χ2v) is 10.6. The number of fused-ring (bicyclic) bond motifs is 1. The molecule has 0 unspecified atom stereocenters. The smallest absolute Gasteiger partial charge is 0.407 e. The van der Waals surface area contributed by atoms with E-state index in [1.165, 1.54) is 6.92 Å². The van der Waals surface area contributed by atoms with Crippen molar-refractivity contribution in [2.24, 2.45) is 13.0 Å². The van der Waals surface area contributed by atoms with Crippen molar-refractivity contribution in [3.8, 4) is 0 Å². The SMILES string of the molecule is CC(=O)c1cn(C)c2cc(C(=O)N[C@@H](CCCNC(=O)OCc3ccccc3)C(=O)N[C@H]3CCC[C@H]3C(=O)O)ccc12. The molecular weight excluding hydrogens is 540 g/mol. The van der Waals surface area contributed by atoms with Crippen LogP contribution in [-0.2, 0) is 28.0 Å². The number of alkyl carbamates (subject to hydrolysis) is 1. The van der Waals surface area contributed by atoms with E-state index in [1.54, 1.807) is 36.0 Å². The molecule has 11 nitrogen and oxygen atoms in total. The Labute approximate surface area is 243 Å². The van der Waals surface area contributed by atoms with Gasteiger partial charge in [-0.15, -0.1) is 0 Å². The fourth-order valence-electron chi connectivity index (χ4n) is 5.30. The van der Waals surface area contributed by atoms with Crippen LogP contribution in [0.5, 0.6) is 0 Å². The summed E-state index contributed by atoms with van der Waals surface area (Å²) in [7, 11) is 1.78. The molecule has 3 amide bonds. The normalized spacial score (nSPS) is 16.9. The van der Waals surface area contributed by atoms with Crippen LogP contribution in [0.4, 0.5) is 4.79 Å². The average Bonchev–Trinajstić information content (AvgIpc) is 3.58. The van der Waals surface area contributed by atoms with Gasteiger partial charge in [0.1, 0.15) is 12.6 Å². The first-order valence-electron chi connectivity index (χ1n) is 14.0. The summed E-state index contributed by atoms with van der Waals surface area (Å²) in [6, 6.07) is 12.7. The molecule has 1 aliphatic carbocycles. The molecule has 2 aromatic carbocycles. The highest BCUT2D eigenvalue weighted by Gasteiger charge is 2.35. The number of nitrogens with zero attached hydrogens (tertiary/aromatic N) is 1. The Morgan fingerprint density at radius 1 is 1.07 bits per heavy atom. The largest absolute Gasteiger partial charge is 0.481 e. The molecule has 1 aromatic heterocycles. The van der Waals surface area contributed by atoms with Gasteiger partial charge >= 0.3 is 12.1 Å². The molecule has 0 radical (unpaired) electrons. The van der Waals surface area contributed by atoms with Gasteiger partial charge in [-0.25, -0.2) is 4.79 Å². The van der Waals surface area contributed by atoms with Crippen molar-refractivity contribution in [1.82, 2.24) is 20.5 Å². The van der Waals surface area contributed by atoms with Gasteiger partial charge in [0, 0.05) is 47.9 Å². The van der Waals surface area contributed by atoms with Crippen LogP contribution in [0.3, 0.4) is 0 Å². The second kappa shape index (κ2) is 13.8. The number of carboxylic acids is 1. The molecule has 1 saturated carbocycles. The lowest BCUT2D eigenvalue weighted by Gasteiger charge is -2.23. The Hall–Kier alpha value is -4.67. The number of hydrogen-bond donors (Lipinski definition) is 4. The van der Waals surface area contributed by atoms with Crippen molar-refractivity contribution in [1.29, 1.82) is 0 Å². The third kappa shape index (κ3) is 7.54. The summed E-state index contributed by atoms with van der Waals surface area (Å²) >= 11 is 0. The van der Waals surface area contributed by atoms with Crippen LogP contribution in [0, 0.1) is 5.92 Å². The number of aryl methyl sites for hydroxylation is 1. The van der Waals surface area contributed by atoms with Gasteiger partial charge in [0.25, 0.3) is 5.91 Å². The maximum atomic E-state index is 13.3. The highest BCUT2D eigenvalue weighted by atomic mass is 16.5. The van der Waals surface area contributed by atoms with Crippen LogP contribution in [0.2, 0.25) is 0 Å². The molecule has 42 heavy (non-hydrogen) atoms. The zero-order chi connectivity index (χ0) is 30.2. The number of amides is 3. The topological polar surface area (TPSA) is 156 Å². The molecular formula is C31H36N4O7. The van der Waals surface area contributed by atoms with Gasteiger partial charge in [-0.1, -0.05) is 42.8 Å². The van der Waals surface area contributed by atoms with Gasteiger partial charge in [0.15, 0.2) is 5.78 Å². The van der Waals surface area contributed by atoms with Crippen molar-refractivity contribution in [3.63, 3.8) is 0 Å². The molecule has 1 fully saturated rings. The van der Waals surface area contributed by atoms with Crippen LogP contribution in [0.1, 0.15) is 65.3 Å². The van der Waals surface area contributed by atoms with Gasteiger partial charge in [-0.2, -0.15) is 0 Å². The maximum Gasteiger partial charge on any atom is 0.407 e. The van der Waals surface area contributed by atoms with Gasteiger partial charge in [0.2, 0.25) is 5.91 Å². The maximum absolute atomic E-state index is 13.3. The summed E-state index contributed by atoms with van der Waals surface area (Å²) in [5, 5.41) is 18.5. The average molecular weight is 577 g/mol. The highest BCUT2D eigenvalue weighted by molar-refractivity contribution is 6.08. The Kier molecular flexibility index (Phi) is 9.95. The summed E-state index contributed by atoms with van der Waals surface area (Å²) in [5.74, 6) is -2.69. The molecule has 3 atom stereocenters. The molecule has 1 aliphatic rings. The summed E-state index contributed by atoms with van der Waals surface area (Å²) in [5.41, 5.74) is 2.41. The van der Waals surface area contributed by atoms with E-state index in [9.17, 15) is 29.1 Å². The van der Waals surface area contributed by atoms with E-state index >= 15 is 0 Å². The predicted octanol–water partition coefficient (Wildman–Crippen LogP) is 3.56. The van der Waals surface area contributed by atoms with E-state index in [1.807, 2.05) is 30.3 Å². The van der Waals surface area contributed by atoms with E-state index < -0.39 is 41.9 Å². The number of benzene rings is 2. The van der Waals surface area contributed by atoms with Crippen LogP contribution in [0.25, 0.3) is 10.9 Å². The van der Waals surface area contributed by atoms with E-state index in [4.69, 9.17) is 4.74 Å². The molecule has 1 heterocycles. The molecule has 4 N–H and O–H groups in total. The van der Waals surface area contributed by atoms with E-state index in [-0.39, 0.29) is 25.4 Å². The Balaban J connectivity index is 1.40. The lowest BCUT2D eigenvalue weighted by atomic mass is 10.0. The molecule has 0 spiro atoms. The van der Waals surface area contributed by atoms with E-state index in [0.717, 1.165) is 10.9 Å². The minimum absolute atomic E-state index is 0.0846. The lowest BCUT2D eigenvalue weighted by molar-refractivity contribution is -0.142. The van der Waals surface area contributed by atoms with Gasteiger partial charge < -0.3 is 30.4 Å². The number of ketones is 1. The number of Topliss-reactive ketones (excluding diaryl/α,β-unsaturated/α-hetero) is 1. The van der Waals surface area contributed by atoms with Crippen molar-refractivity contribution in [2.75, 3.05) is 6.54 Å². The minimum Gasteiger partial charge on any atom is -0.481 e.